The Morgan fingerprint density at radius 3 is 2.62 bits per heavy atom. The number of hydrogen-bond donors (Lipinski definition) is 1. The van der Waals surface area contributed by atoms with Crippen LogP contribution >= 0.6 is 11.8 Å². The van der Waals surface area contributed by atoms with E-state index in [-0.39, 0.29) is 6.10 Å². The topological polar surface area (TPSA) is 42.9 Å². The van der Waals surface area contributed by atoms with E-state index in [1.807, 2.05) is 38.1 Å². The Morgan fingerprint density at radius 2 is 1.97 bits per heavy atom. The van der Waals surface area contributed by atoms with Gasteiger partial charge in [-0.3, -0.25) is 4.99 Å². The van der Waals surface area contributed by atoms with Crippen molar-refractivity contribution in [1.29, 1.82) is 0 Å². The lowest BCUT2D eigenvalue weighted by atomic mass is 10.1. The molecule has 0 aliphatic carbocycles. The van der Waals surface area contributed by atoms with Gasteiger partial charge in [0, 0.05) is 35.0 Å². The zero-order chi connectivity index (χ0) is 23.5. The van der Waals surface area contributed by atoms with Crippen LogP contribution in [0.25, 0.3) is 10.6 Å². The summed E-state index contributed by atoms with van der Waals surface area (Å²) in [5.74, 6) is 0.804. The number of allylic oxidation sites excluding steroid dienone is 5. The molecule has 1 atom stereocenters. The van der Waals surface area contributed by atoms with Gasteiger partial charge in [0.25, 0.3) is 0 Å². The van der Waals surface area contributed by atoms with Gasteiger partial charge in [0.1, 0.15) is 12.4 Å². The van der Waals surface area contributed by atoms with Gasteiger partial charge >= 0.3 is 0 Å². The minimum atomic E-state index is 0.167. The lowest BCUT2D eigenvalue weighted by Gasteiger charge is -2.17. The molecule has 1 N–H and O–H groups in total. The molecule has 0 aromatic heterocycles. The second-order valence-electron chi connectivity index (χ2n) is 7.93. The van der Waals surface area contributed by atoms with Crippen molar-refractivity contribution in [2.45, 2.75) is 46.6 Å². The predicted molar refractivity (Wildman–Crippen MR) is 141 cm³/mol. The molecule has 5 heteroatoms. The Balaban J connectivity index is 2.17. The molecule has 0 spiro atoms. The summed E-state index contributed by atoms with van der Waals surface area (Å²) in [6, 6.07) is 6.18. The third-order valence-electron chi connectivity index (χ3n) is 5.17. The van der Waals surface area contributed by atoms with Crippen molar-refractivity contribution >= 4 is 29.1 Å². The van der Waals surface area contributed by atoms with Crippen molar-refractivity contribution in [3.05, 3.63) is 76.9 Å². The van der Waals surface area contributed by atoms with Crippen LogP contribution in [0.4, 0.5) is 0 Å². The number of nitrogens with zero attached hydrogens (tertiary/aromatic N) is 1. The van der Waals surface area contributed by atoms with Crippen LogP contribution in [0, 0.1) is 0 Å². The number of aliphatic imine (C=N–C) groups is 1. The quantitative estimate of drug-likeness (QED) is 0.274. The fraction of sp³-hybridized carbons (Fsp3) is 0.370. The highest BCUT2D eigenvalue weighted by molar-refractivity contribution is 8.11. The lowest BCUT2D eigenvalue weighted by Crippen LogP contribution is -2.17. The Morgan fingerprint density at radius 1 is 1.22 bits per heavy atom. The van der Waals surface area contributed by atoms with E-state index in [4.69, 9.17) is 9.47 Å². The van der Waals surface area contributed by atoms with Crippen LogP contribution in [0.15, 0.2) is 70.8 Å². The first-order chi connectivity index (χ1) is 15.3. The summed E-state index contributed by atoms with van der Waals surface area (Å²) in [7, 11) is 0. The largest absolute Gasteiger partial charge is 0.491 e. The average molecular weight is 453 g/mol. The number of benzene rings is 1. The third-order valence-corrected chi connectivity index (χ3v) is 6.21. The van der Waals surface area contributed by atoms with Crippen LogP contribution < -0.4 is 10.1 Å². The van der Waals surface area contributed by atoms with E-state index >= 15 is 0 Å². The van der Waals surface area contributed by atoms with Gasteiger partial charge in [-0.25, -0.2) is 0 Å². The highest BCUT2D eigenvalue weighted by atomic mass is 32.2. The molecule has 0 bridgehead atoms. The zero-order valence-corrected chi connectivity index (χ0v) is 20.7. The van der Waals surface area contributed by atoms with Crippen LogP contribution in [-0.2, 0) is 4.74 Å². The minimum absolute atomic E-state index is 0.167. The van der Waals surface area contributed by atoms with E-state index in [0.717, 1.165) is 52.6 Å². The van der Waals surface area contributed by atoms with Crippen molar-refractivity contribution in [1.82, 2.24) is 5.32 Å². The van der Waals surface area contributed by atoms with Crippen LogP contribution in [-0.4, -0.2) is 32.6 Å². The van der Waals surface area contributed by atoms with Gasteiger partial charge in [0.2, 0.25) is 0 Å². The molecule has 1 saturated heterocycles. The van der Waals surface area contributed by atoms with E-state index < -0.39 is 0 Å². The van der Waals surface area contributed by atoms with Crippen molar-refractivity contribution in [2.24, 2.45) is 4.99 Å². The van der Waals surface area contributed by atoms with Crippen LogP contribution in [0.5, 0.6) is 5.75 Å². The standard InChI is InChI=1S/C27H36N2O2S/c1-8-21(4)32-23(6)25-14-24(15-27(16-25)31-18-26-10-9-13-30-26)22(5)29-17-19(2)11-12-20(3)28-7/h8,11-12,14-16,26,29H,5-7,9-10,13,17-18H2,1-4H3/b19-11+,20-12-,21-8-. The number of thioether (sulfide) groups is 1. The second-order valence-corrected chi connectivity index (χ2v) is 9.27. The molecule has 32 heavy (non-hydrogen) atoms. The van der Waals surface area contributed by atoms with Gasteiger partial charge in [-0.15, -0.1) is 0 Å². The van der Waals surface area contributed by atoms with Crippen LogP contribution in [0.2, 0.25) is 0 Å². The van der Waals surface area contributed by atoms with Crippen molar-refractivity contribution in [3.63, 3.8) is 0 Å². The van der Waals surface area contributed by atoms with E-state index in [2.05, 4.69) is 56.2 Å². The van der Waals surface area contributed by atoms with Crippen molar-refractivity contribution in [3.8, 4) is 5.75 Å². The summed E-state index contributed by atoms with van der Waals surface area (Å²) < 4.78 is 11.8. The van der Waals surface area contributed by atoms with Gasteiger partial charge in [0.15, 0.2) is 0 Å². The summed E-state index contributed by atoms with van der Waals surface area (Å²) in [6.45, 7) is 22.2. The Labute approximate surface area is 197 Å². The molecule has 4 nitrogen and oxygen atoms in total. The van der Waals surface area contributed by atoms with Crippen molar-refractivity contribution in [2.75, 3.05) is 19.8 Å². The molecule has 0 amide bonds. The SMILES string of the molecule is C=N/C(C)=C\C=C(/C)CNC(=C)c1cc(OCC2CCCO2)cc(C(=C)S/C(C)=C\C)c1. The molecule has 1 fully saturated rings. The molecule has 0 radical (unpaired) electrons. The monoisotopic (exact) mass is 452 g/mol. The first kappa shape index (κ1) is 25.8. The normalized spacial score (nSPS) is 17.2. The first-order valence-corrected chi connectivity index (χ1v) is 11.8. The number of hydrogen-bond acceptors (Lipinski definition) is 5. The fourth-order valence-electron chi connectivity index (χ4n) is 3.02. The lowest BCUT2D eigenvalue weighted by molar-refractivity contribution is 0.0679. The molecule has 1 aromatic rings. The summed E-state index contributed by atoms with van der Waals surface area (Å²) >= 11 is 1.66. The van der Waals surface area contributed by atoms with E-state index in [9.17, 15) is 0 Å². The first-order valence-electron chi connectivity index (χ1n) is 11.0. The summed E-state index contributed by atoms with van der Waals surface area (Å²) in [6.07, 6.45) is 8.39. The summed E-state index contributed by atoms with van der Waals surface area (Å²) in [5.41, 5.74) is 4.91. The maximum Gasteiger partial charge on any atom is 0.120 e. The Bertz CT molecular complexity index is 922. The number of ether oxygens (including phenoxy) is 2. The Kier molecular flexibility index (Phi) is 10.6. The summed E-state index contributed by atoms with van der Waals surface area (Å²) in [5, 5.41) is 3.42. The zero-order valence-electron chi connectivity index (χ0n) is 19.9. The number of nitrogens with one attached hydrogen (secondary N) is 1. The molecule has 1 aliphatic heterocycles. The van der Waals surface area contributed by atoms with Gasteiger partial charge in [0.05, 0.1) is 6.10 Å². The fourth-order valence-corrected chi connectivity index (χ4v) is 3.76. The molecule has 1 heterocycles. The van der Waals surface area contributed by atoms with E-state index in [1.54, 1.807) is 11.8 Å². The van der Waals surface area contributed by atoms with Crippen LogP contribution in [0.1, 0.15) is 51.7 Å². The third kappa shape index (κ3) is 8.56. The molecular formula is C27H36N2O2S. The van der Waals surface area contributed by atoms with Crippen molar-refractivity contribution < 1.29 is 9.47 Å². The average Bonchev–Trinajstić information content (AvgIpc) is 3.32. The highest BCUT2D eigenvalue weighted by Crippen LogP contribution is 2.35. The van der Waals surface area contributed by atoms with Gasteiger partial charge in [-0.05, 0) is 82.0 Å². The summed E-state index contributed by atoms with van der Waals surface area (Å²) in [4.78, 5) is 6.09. The Hall–Kier alpha value is -2.50. The smallest absolute Gasteiger partial charge is 0.120 e. The minimum Gasteiger partial charge on any atom is -0.491 e. The van der Waals surface area contributed by atoms with Crippen LogP contribution in [0.3, 0.4) is 0 Å². The van der Waals surface area contributed by atoms with E-state index in [0.29, 0.717) is 13.2 Å². The second kappa shape index (κ2) is 13.1. The molecule has 2 rings (SSSR count). The molecule has 1 aromatic carbocycles. The molecule has 1 unspecified atom stereocenters. The van der Waals surface area contributed by atoms with E-state index in [1.165, 1.54) is 10.5 Å². The van der Waals surface area contributed by atoms with Gasteiger partial charge in [-0.1, -0.05) is 42.6 Å². The highest BCUT2D eigenvalue weighted by Gasteiger charge is 2.17. The number of rotatable bonds is 12. The molecule has 172 valence electrons. The maximum atomic E-state index is 6.11. The van der Waals surface area contributed by atoms with Gasteiger partial charge in [-0.2, -0.15) is 0 Å². The maximum absolute atomic E-state index is 6.11. The molecule has 1 aliphatic rings. The predicted octanol–water partition coefficient (Wildman–Crippen LogP) is 6.98. The molecule has 0 saturated carbocycles. The van der Waals surface area contributed by atoms with Gasteiger partial charge < -0.3 is 14.8 Å². The molecular weight excluding hydrogens is 416 g/mol.